The van der Waals surface area contributed by atoms with E-state index in [1.54, 1.807) is 0 Å². The summed E-state index contributed by atoms with van der Waals surface area (Å²) >= 11 is 0. The molecule has 0 atom stereocenters. The van der Waals surface area contributed by atoms with Crippen molar-refractivity contribution in [2.24, 2.45) is 5.14 Å². The minimum atomic E-state index is -3.25. The molecule has 0 unspecified atom stereocenters. The first-order chi connectivity index (χ1) is 7.08. The van der Waals surface area contributed by atoms with E-state index in [1.807, 2.05) is 0 Å². The van der Waals surface area contributed by atoms with Crippen LogP contribution < -0.4 is 5.14 Å². The lowest BCUT2D eigenvalue weighted by atomic mass is 10.2. The third-order valence-electron chi connectivity index (χ3n) is 2.85. The highest BCUT2D eigenvalue weighted by molar-refractivity contribution is 7.89. The second-order valence-corrected chi connectivity index (χ2v) is 6.06. The van der Waals surface area contributed by atoms with Gasteiger partial charge in [-0.1, -0.05) is 12.8 Å². The molecule has 1 rings (SSSR count). The molecule has 15 heavy (non-hydrogen) atoms. The molecule has 0 aliphatic carbocycles. The lowest BCUT2D eigenvalue weighted by molar-refractivity contribution is 0.281. The fourth-order valence-corrected chi connectivity index (χ4v) is 2.60. The quantitative estimate of drug-likeness (QED) is 0.720. The number of primary sulfonamides is 1. The van der Waals surface area contributed by atoms with Crippen LogP contribution >= 0.6 is 0 Å². The largest absolute Gasteiger partial charge is 0.303 e. The summed E-state index contributed by atoms with van der Waals surface area (Å²) in [5.74, 6) is 0.126. The van der Waals surface area contributed by atoms with E-state index >= 15 is 0 Å². The zero-order valence-corrected chi connectivity index (χ0v) is 10.1. The molecule has 90 valence electrons. The molecule has 1 aliphatic rings. The van der Waals surface area contributed by atoms with Crippen molar-refractivity contribution >= 4 is 10.0 Å². The van der Waals surface area contributed by atoms with Gasteiger partial charge in [-0.25, -0.2) is 13.6 Å². The molecule has 0 spiro atoms. The van der Waals surface area contributed by atoms with Gasteiger partial charge in [0.25, 0.3) is 0 Å². The fraction of sp³-hybridized carbons (Fsp3) is 1.00. The summed E-state index contributed by atoms with van der Waals surface area (Å²) < 4.78 is 21.4. The van der Waals surface area contributed by atoms with E-state index in [0.717, 1.165) is 13.0 Å². The van der Waals surface area contributed by atoms with Gasteiger partial charge in [0.15, 0.2) is 0 Å². The maximum absolute atomic E-state index is 10.7. The highest BCUT2D eigenvalue weighted by Gasteiger charge is 2.09. The van der Waals surface area contributed by atoms with E-state index in [1.165, 1.54) is 38.8 Å². The second kappa shape index (κ2) is 6.45. The van der Waals surface area contributed by atoms with Crippen LogP contribution in [0.2, 0.25) is 0 Å². The Morgan fingerprint density at radius 1 is 1.00 bits per heavy atom. The first-order valence-corrected chi connectivity index (χ1v) is 7.52. The Kier molecular flexibility index (Phi) is 5.56. The van der Waals surface area contributed by atoms with Crippen molar-refractivity contribution in [2.75, 3.05) is 25.4 Å². The van der Waals surface area contributed by atoms with Crippen LogP contribution in [0.25, 0.3) is 0 Å². The standard InChI is InChI=1S/C10H22N2O2S/c11-15(13,14)10-6-5-9-12-7-3-1-2-4-8-12/h1-10H2,(H2,11,13,14). The maximum Gasteiger partial charge on any atom is 0.209 e. The Balaban J connectivity index is 2.08. The molecule has 0 aromatic heterocycles. The summed E-state index contributed by atoms with van der Waals surface area (Å²) in [4.78, 5) is 2.44. The zero-order valence-electron chi connectivity index (χ0n) is 9.32. The van der Waals surface area contributed by atoms with Crippen molar-refractivity contribution in [2.45, 2.75) is 38.5 Å². The third kappa shape index (κ3) is 6.87. The lowest BCUT2D eigenvalue weighted by Gasteiger charge is -2.19. The van der Waals surface area contributed by atoms with E-state index < -0.39 is 10.0 Å². The van der Waals surface area contributed by atoms with Crippen LogP contribution in [0.5, 0.6) is 0 Å². The van der Waals surface area contributed by atoms with Crippen LogP contribution in [0.3, 0.4) is 0 Å². The van der Waals surface area contributed by atoms with Crippen molar-refractivity contribution < 1.29 is 8.42 Å². The smallest absolute Gasteiger partial charge is 0.209 e. The molecular weight excluding hydrogens is 212 g/mol. The van der Waals surface area contributed by atoms with Gasteiger partial charge in [-0.05, 0) is 45.3 Å². The average Bonchev–Trinajstić information content (AvgIpc) is 2.39. The van der Waals surface area contributed by atoms with Crippen LogP contribution in [0.4, 0.5) is 0 Å². The summed E-state index contributed by atoms with van der Waals surface area (Å²) in [5.41, 5.74) is 0. The van der Waals surface area contributed by atoms with Gasteiger partial charge in [0.2, 0.25) is 10.0 Å². The molecule has 0 saturated carbocycles. The highest BCUT2D eigenvalue weighted by atomic mass is 32.2. The Morgan fingerprint density at radius 3 is 2.13 bits per heavy atom. The molecule has 4 nitrogen and oxygen atoms in total. The summed E-state index contributed by atoms with van der Waals surface area (Å²) in [6.45, 7) is 3.38. The van der Waals surface area contributed by atoms with Gasteiger partial charge >= 0.3 is 0 Å². The van der Waals surface area contributed by atoms with Gasteiger partial charge in [0.05, 0.1) is 5.75 Å². The molecule has 0 bridgehead atoms. The minimum Gasteiger partial charge on any atom is -0.303 e. The zero-order chi connectivity index (χ0) is 11.1. The number of unbranched alkanes of at least 4 members (excludes halogenated alkanes) is 1. The molecule has 0 aromatic carbocycles. The summed E-state index contributed by atoms with van der Waals surface area (Å²) in [5, 5.41) is 4.94. The van der Waals surface area contributed by atoms with Crippen molar-refractivity contribution in [3.63, 3.8) is 0 Å². The monoisotopic (exact) mass is 234 g/mol. The van der Waals surface area contributed by atoms with Gasteiger partial charge in [-0.15, -0.1) is 0 Å². The van der Waals surface area contributed by atoms with Gasteiger partial charge in [-0.2, -0.15) is 0 Å². The maximum atomic E-state index is 10.7. The number of nitrogens with zero attached hydrogens (tertiary/aromatic N) is 1. The molecule has 1 heterocycles. The molecule has 0 amide bonds. The van der Waals surface area contributed by atoms with Crippen LogP contribution in [-0.4, -0.2) is 38.7 Å². The van der Waals surface area contributed by atoms with E-state index in [2.05, 4.69) is 4.90 Å². The van der Waals surface area contributed by atoms with Crippen molar-refractivity contribution in [3.05, 3.63) is 0 Å². The molecule has 1 saturated heterocycles. The average molecular weight is 234 g/mol. The number of nitrogens with two attached hydrogens (primary N) is 1. The van der Waals surface area contributed by atoms with Crippen molar-refractivity contribution in [1.29, 1.82) is 0 Å². The van der Waals surface area contributed by atoms with E-state index in [-0.39, 0.29) is 5.75 Å². The number of hydrogen-bond acceptors (Lipinski definition) is 3. The second-order valence-electron chi connectivity index (χ2n) is 4.33. The molecule has 1 fully saturated rings. The summed E-state index contributed by atoms with van der Waals surface area (Å²) in [7, 11) is -3.25. The third-order valence-corrected chi connectivity index (χ3v) is 3.71. The van der Waals surface area contributed by atoms with Gasteiger partial charge in [0, 0.05) is 0 Å². The topological polar surface area (TPSA) is 63.4 Å². The number of rotatable bonds is 5. The molecular formula is C10H22N2O2S. The summed E-state index contributed by atoms with van der Waals surface area (Å²) in [6.07, 6.45) is 6.89. The number of likely N-dealkylation sites (tertiary alicyclic amines) is 1. The molecule has 5 heteroatoms. The number of sulfonamides is 1. The van der Waals surface area contributed by atoms with Crippen molar-refractivity contribution in [1.82, 2.24) is 4.90 Å². The van der Waals surface area contributed by atoms with Crippen molar-refractivity contribution in [3.8, 4) is 0 Å². The molecule has 2 N–H and O–H groups in total. The van der Waals surface area contributed by atoms with E-state index in [0.29, 0.717) is 6.42 Å². The van der Waals surface area contributed by atoms with Gasteiger partial charge in [-0.3, -0.25) is 0 Å². The summed E-state index contributed by atoms with van der Waals surface area (Å²) in [6, 6.07) is 0. The van der Waals surface area contributed by atoms with Gasteiger partial charge < -0.3 is 4.90 Å². The lowest BCUT2D eigenvalue weighted by Crippen LogP contribution is -2.26. The van der Waals surface area contributed by atoms with E-state index in [4.69, 9.17) is 5.14 Å². The van der Waals surface area contributed by atoms with Gasteiger partial charge in [0.1, 0.15) is 0 Å². The fourth-order valence-electron chi connectivity index (χ4n) is 2.00. The minimum absolute atomic E-state index is 0.126. The van der Waals surface area contributed by atoms with E-state index in [9.17, 15) is 8.42 Å². The Bertz CT molecular complexity index is 257. The van der Waals surface area contributed by atoms with Crippen LogP contribution in [0.1, 0.15) is 38.5 Å². The Morgan fingerprint density at radius 2 is 1.60 bits per heavy atom. The molecule has 0 aromatic rings. The predicted molar refractivity (Wildman–Crippen MR) is 62.1 cm³/mol. The predicted octanol–water partition coefficient (Wildman–Crippen LogP) is 0.931. The normalized spacial score (nSPS) is 20.1. The first kappa shape index (κ1) is 12.9. The van der Waals surface area contributed by atoms with Crippen LogP contribution in [0, 0.1) is 0 Å². The van der Waals surface area contributed by atoms with Crippen LogP contribution in [0.15, 0.2) is 0 Å². The first-order valence-electron chi connectivity index (χ1n) is 5.81. The molecule has 1 aliphatic heterocycles. The highest BCUT2D eigenvalue weighted by Crippen LogP contribution is 2.10. The SMILES string of the molecule is NS(=O)(=O)CCCCN1CCCCCC1. The number of hydrogen-bond donors (Lipinski definition) is 1. The Hall–Kier alpha value is -0.130. The Labute approximate surface area is 92.9 Å². The van der Waals surface area contributed by atoms with Crippen LogP contribution in [-0.2, 0) is 10.0 Å². The molecule has 0 radical (unpaired) electrons.